The molecule has 1 aromatic carbocycles. The van der Waals surface area contributed by atoms with E-state index >= 15 is 0 Å². The molecule has 2 heterocycles. The van der Waals surface area contributed by atoms with E-state index in [1.807, 2.05) is 51.1 Å². The summed E-state index contributed by atoms with van der Waals surface area (Å²) in [6.45, 7) is 9.94. The molecule has 152 valence electrons. The lowest BCUT2D eigenvalue weighted by Gasteiger charge is -2.14. The number of hydrogen-bond acceptors (Lipinski definition) is 4. The van der Waals surface area contributed by atoms with Gasteiger partial charge >= 0.3 is 6.03 Å². The molecule has 0 saturated heterocycles. The zero-order valence-electron chi connectivity index (χ0n) is 17.3. The summed E-state index contributed by atoms with van der Waals surface area (Å²) in [6.07, 6.45) is 0. The van der Waals surface area contributed by atoms with E-state index in [4.69, 9.17) is 0 Å². The summed E-state index contributed by atoms with van der Waals surface area (Å²) in [6, 6.07) is 11.0. The molecular formula is C21H26N6O2. The summed E-state index contributed by atoms with van der Waals surface area (Å²) in [5.74, 6) is 0.679. The van der Waals surface area contributed by atoms with Gasteiger partial charge in [-0.05, 0) is 19.4 Å². The maximum Gasteiger partial charge on any atom is 0.320 e. The van der Waals surface area contributed by atoms with Gasteiger partial charge in [0.15, 0.2) is 0 Å². The summed E-state index contributed by atoms with van der Waals surface area (Å²) in [5.41, 5.74) is 2.42. The van der Waals surface area contributed by atoms with Crippen molar-refractivity contribution in [1.82, 2.24) is 25.1 Å². The Morgan fingerprint density at radius 2 is 1.86 bits per heavy atom. The van der Waals surface area contributed by atoms with Gasteiger partial charge in [0.05, 0.1) is 5.69 Å². The number of nitrogens with zero attached hydrogens (tertiary/aromatic N) is 3. The second kappa shape index (κ2) is 7.90. The van der Waals surface area contributed by atoms with Gasteiger partial charge in [0, 0.05) is 29.3 Å². The average Bonchev–Trinajstić information content (AvgIpc) is 3.09. The van der Waals surface area contributed by atoms with E-state index in [-0.39, 0.29) is 23.0 Å². The number of carbonyl (C=O) groups is 1. The molecule has 3 rings (SSSR count). The first-order chi connectivity index (χ1) is 13.6. The molecule has 0 radical (unpaired) electrons. The average molecular weight is 394 g/mol. The molecular weight excluding hydrogens is 368 g/mol. The van der Waals surface area contributed by atoms with Crippen molar-refractivity contribution in [3.63, 3.8) is 0 Å². The molecule has 3 N–H and O–H groups in total. The highest BCUT2D eigenvalue weighted by molar-refractivity contribution is 5.88. The van der Waals surface area contributed by atoms with Crippen molar-refractivity contribution in [2.75, 3.05) is 5.32 Å². The zero-order valence-corrected chi connectivity index (χ0v) is 17.3. The smallest absolute Gasteiger partial charge is 0.320 e. The van der Waals surface area contributed by atoms with E-state index in [0.717, 1.165) is 11.3 Å². The number of amides is 2. The quantitative estimate of drug-likeness (QED) is 0.632. The number of nitrogens with one attached hydrogen (secondary N) is 3. The van der Waals surface area contributed by atoms with Crippen LogP contribution in [0, 0.1) is 13.8 Å². The van der Waals surface area contributed by atoms with E-state index in [2.05, 4.69) is 25.7 Å². The third-order valence-electron chi connectivity index (χ3n) is 4.60. The number of urea groups is 1. The van der Waals surface area contributed by atoms with Crippen molar-refractivity contribution >= 4 is 11.8 Å². The molecule has 8 nitrogen and oxygen atoms in total. The van der Waals surface area contributed by atoms with E-state index in [0.29, 0.717) is 23.6 Å². The number of H-pyrrole nitrogens is 1. The molecule has 0 spiro atoms. The van der Waals surface area contributed by atoms with Crippen LogP contribution in [-0.2, 0) is 12.0 Å². The maximum atomic E-state index is 12.5. The van der Waals surface area contributed by atoms with Crippen molar-refractivity contribution in [3.8, 4) is 5.95 Å². The summed E-state index contributed by atoms with van der Waals surface area (Å²) < 4.78 is 1.45. The maximum absolute atomic E-state index is 12.5. The minimum absolute atomic E-state index is 0.236. The van der Waals surface area contributed by atoms with Crippen LogP contribution in [0.5, 0.6) is 0 Å². The molecule has 2 amide bonds. The number of aromatic nitrogens is 4. The largest absolute Gasteiger partial charge is 0.334 e. The number of aromatic amines is 1. The topological polar surface area (TPSA) is 105 Å². The van der Waals surface area contributed by atoms with Gasteiger partial charge in [0.1, 0.15) is 5.82 Å². The SMILES string of the molecule is Cc1nc(-n2nc(C(C)(C)C)cc2NC(=O)NCc2ccccc2)[nH]c(=O)c1C. The van der Waals surface area contributed by atoms with Crippen molar-refractivity contribution in [1.29, 1.82) is 0 Å². The predicted molar refractivity (Wildman–Crippen MR) is 112 cm³/mol. The first-order valence-corrected chi connectivity index (χ1v) is 9.42. The third kappa shape index (κ3) is 4.71. The van der Waals surface area contributed by atoms with Gasteiger partial charge in [0.2, 0.25) is 5.95 Å². The van der Waals surface area contributed by atoms with Crippen molar-refractivity contribution in [3.05, 3.63) is 69.3 Å². The second-order valence-corrected chi connectivity index (χ2v) is 7.97. The summed E-state index contributed by atoms with van der Waals surface area (Å²) >= 11 is 0. The molecule has 0 saturated carbocycles. The van der Waals surface area contributed by atoms with E-state index < -0.39 is 0 Å². The van der Waals surface area contributed by atoms with Crippen LogP contribution in [0.2, 0.25) is 0 Å². The molecule has 0 fully saturated rings. The fourth-order valence-corrected chi connectivity index (χ4v) is 2.67. The molecule has 0 aliphatic heterocycles. The van der Waals surface area contributed by atoms with Gasteiger partial charge in [-0.2, -0.15) is 9.78 Å². The normalized spacial score (nSPS) is 11.3. The fourth-order valence-electron chi connectivity index (χ4n) is 2.67. The first-order valence-electron chi connectivity index (χ1n) is 9.42. The van der Waals surface area contributed by atoms with Crippen LogP contribution in [-0.4, -0.2) is 25.8 Å². The Labute approximate surface area is 169 Å². The lowest BCUT2D eigenvalue weighted by Crippen LogP contribution is -2.29. The lowest BCUT2D eigenvalue weighted by molar-refractivity contribution is 0.251. The third-order valence-corrected chi connectivity index (χ3v) is 4.60. The Balaban J connectivity index is 1.90. The monoisotopic (exact) mass is 394 g/mol. The summed E-state index contributed by atoms with van der Waals surface area (Å²) in [5, 5.41) is 10.2. The Kier molecular flexibility index (Phi) is 5.54. The zero-order chi connectivity index (χ0) is 21.2. The van der Waals surface area contributed by atoms with Crippen molar-refractivity contribution < 1.29 is 4.79 Å². The van der Waals surface area contributed by atoms with E-state index in [1.54, 1.807) is 19.9 Å². The Hall–Kier alpha value is -3.42. The van der Waals surface area contributed by atoms with Gasteiger partial charge in [-0.15, -0.1) is 0 Å². The van der Waals surface area contributed by atoms with Crippen molar-refractivity contribution in [2.45, 2.75) is 46.6 Å². The Morgan fingerprint density at radius 1 is 1.17 bits per heavy atom. The molecule has 2 aromatic heterocycles. The molecule has 0 aliphatic rings. The summed E-state index contributed by atoms with van der Waals surface area (Å²) in [4.78, 5) is 31.8. The summed E-state index contributed by atoms with van der Waals surface area (Å²) in [7, 11) is 0. The molecule has 0 bridgehead atoms. The Bertz CT molecular complexity index is 1080. The standard InChI is InChI=1S/C21H26N6O2/c1-13-14(2)23-19(25-18(13)28)27-17(11-16(26-27)21(3,4)5)24-20(29)22-12-15-9-7-6-8-10-15/h6-11H,12H2,1-5H3,(H2,22,24,29)(H,23,25,28). The molecule has 8 heteroatoms. The van der Waals surface area contributed by atoms with Crippen LogP contribution in [0.4, 0.5) is 10.6 Å². The minimum Gasteiger partial charge on any atom is -0.334 e. The van der Waals surface area contributed by atoms with Crippen LogP contribution in [0.25, 0.3) is 5.95 Å². The molecule has 29 heavy (non-hydrogen) atoms. The molecule has 3 aromatic rings. The predicted octanol–water partition coefficient (Wildman–Crippen LogP) is 3.19. The number of anilines is 1. The van der Waals surface area contributed by atoms with Gasteiger partial charge in [0.25, 0.3) is 5.56 Å². The van der Waals surface area contributed by atoms with Crippen LogP contribution in [0.1, 0.15) is 43.3 Å². The van der Waals surface area contributed by atoms with Crippen LogP contribution in [0.3, 0.4) is 0 Å². The van der Waals surface area contributed by atoms with Crippen LogP contribution >= 0.6 is 0 Å². The number of hydrogen-bond donors (Lipinski definition) is 3. The van der Waals surface area contributed by atoms with Gasteiger partial charge in [-0.1, -0.05) is 51.1 Å². The Morgan fingerprint density at radius 3 is 2.48 bits per heavy atom. The highest BCUT2D eigenvalue weighted by Crippen LogP contribution is 2.25. The van der Waals surface area contributed by atoms with Crippen molar-refractivity contribution in [2.24, 2.45) is 0 Å². The number of aryl methyl sites for hydroxylation is 1. The second-order valence-electron chi connectivity index (χ2n) is 7.97. The minimum atomic E-state index is -0.373. The molecule has 0 atom stereocenters. The highest BCUT2D eigenvalue weighted by atomic mass is 16.2. The van der Waals surface area contributed by atoms with Gasteiger partial charge in [-0.25, -0.2) is 9.78 Å². The van der Waals surface area contributed by atoms with E-state index in [1.165, 1.54) is 4.68 Å². The number of rotatable bonds is 4. The van der Waals surface area contributed by atoms with Crippen LogP contribution in [0.15, 0.2) is 41.2 Å². The first kappa shape index (κ1) is 20.3. The number of benzene rings is 1. The molecule has 0 aliphatic carbocycles. The van der Waals surface area contributed by atoms with Gasteiger partial charge < -0.3 is 5.32 Å². The fraction of sp³-hybridized carbons (Fsp3) is 0.333. The number of carbonyl (C=O) groups excluding carboxylic acids is 1. The lowest BCUT2D eigenvalue weighted by atomic mass is 9.92. The van der Waals surface area contributed by atoms with E-state index in [9.17, 15) is 9.59 Å². The van der Waals surface area contributed by atoms with Gasteiger partial charge in [-0.3, -0.25) is 15.1 Å². The highest BCUT2D eigenvalue weighted by Gasteiger charge is 2.22. The van der Waals surface area contributed by atoms with Crippen LogP contribution < -0.4 is 16.2 Å². The molecule has 0 unspecified atom stereocenters.